The lowest BCUT2D eigenvalue weighted by Crippen LogP contribution is -2.41. The monoisotopic (exact) mass is 420 g/mol. The average molecular weight is 420 g/mol. The highest BCUT2D eigenvalue weighted by Gasteiger charge is 2.40. The number of anilines is 1. The molecule has 0 aromatic heterocycles. The maximum atomic E-state index is 13.1. The van der Waals surface area contributed by atoms with Crippen molar-refractivity contribution in [3.05, 3.63) is 53.6 Å². The van der Waals surface area contributed by atoms with Crippen LogP contribution in [0, 0.1) is 11.8 Å². The topological polar surface area (TPSA) is 84.9 Å². The van der Waals surface area contributed by atoms with Gasteiger partial charge in [0.25, 0.3) is 11.8 Å². The van der Waals surface area contributed by atoms with Crippen molar-refractivity contribution in [1.82, 2.24) is 4.90 Å². The number of imide groups is 1. The minimum absolute atomic E-state index is 0.0619. The summed E-state index contributed by atoms with van der Waals surface area (Å²) < 4.78 is 11.1. The fourth-order valence-electron chi connectivity index (χ4n) is 4.77. The van der Waals surface area contributed by atoms with E-state index in [1.165, 1.54) is 4.90 Å². The van der Waals surface area contributed by atoms with Gasteiger partial charge in [0, 0.05) is 24.2 Å². The molecule has 160 valence electrons. The lowest BCUT2D eigenvalue weighted by atomic mass is 9.78. The number of ether oxygens (including phenoxy) is 2. The van der Waals surface area contributed by atoms with Crippen LogP contribution in [0.4, 0.5) is 5.69 Å². The van der Waals surface area contributed by atoms with Gasteiger partial charge in [-0.3, -0.25) is 19.3 Å². The Morgan fingerprint density at radius 1 is 0.935 bits per heavy atom. The van der Waals surface area contributed by atoms with E-state index in [1.807, 2.05) is 0 Å². The van der Waals surface area contributed by atoms with Crippen LogP contribution in [0.25, 0.3) is 0 Å². The summed E-state index contributed by atoms with van der Waals surface area (Å²) in [5, 5.41) is 2.99. The van der Waals surface area contributed by atoms with Crippen LogP contribution in [0.2, 0.25) is 0 Å². The number of hydrogen-bond donors (Lipinski definition) is 1. The van der Waals surface area contributed by atoms with Crippen molar-refractivity contribution in [2.45, 2.75) is 25.7 Å². The van der Waals surface area contributed by atoms with Crippen LogP contribution >= 0.6 is 0 Å². The van der Waals surface area contributed by atoms with Crippen molar-refractivity contribution in [2.24, 2.45) is 11.8 Å². The van der Waals surface area contributed by atoms with Crippen LogP contribution in [0.3, 0.4) is 0 Å². The van der Waals surface area contributed by atoms with Gasteiger partial charge in [0.2, 0.25) is 5.91 Å². The molecule has 0 bridgehead atoms. The zero-order valence-electron chi connectivity index (χ0n) is 17.1. The average Bonchev–Trinajstić information content (AvgIpc) is 3.04. The van der Waals surface area contributed by atoms with Gasteiger partial charge in [0.15, 0.2) is 11.5 Å². The molecule has 0 radical (unpaired) electrons. The van der Waals surface area contributed by atoms with Crippen molar-refractivity contribution < 1.29 is 23.9 Å². The van der Waals surface area contributed by atoms with Gasteiger partial charge in [-0.05, 0) is 43.0 Å². The van der Waals surface area contributed by atoms with Crippen LogP contribution in [-0.2, 0) is 4.79 Å². The molecule has 2 unspecified atom stereocenters. The van der Waals surface area contributed by atoms with Crippen molar-refractivity contribution in [3.8, 4) is 11.5 Å². The van der Waals surface area contributed by atoms with E-state index in [0.717, 1.165) is 25.7 Å². The first kappa shape index (κ1) is 19.6. The molecule has 1 aliphatic carbocycles. The first-order chi connectivity index (χ1) is 15.1. The highest BCUT2D eigenvalue weighted by molar-refractivity contribution is 6.21. The highest BCUT2D eigenvalue weighted by atomic mass is 16.6. The highest BCUT2D eigenvalue weighted by Crippen LogP contribution is 2.36. The largest absolute Gasteiger partial charge is 0.486 e. The maximum absolute atomic E-state index is 13.1. The third-order valence-electron chi connectivity index (χ3n) is 6.35. The van der Waals surface area contributed by atoms with E-state index in [9.17, 15) is 14.4 Å². The summed E-state index contributed by atoms with van der Waals surface area (Å²) >= 11 is 0. The third-order valence-corrected chi connectivity index (χ3v) is 6.35. The van der Waals surface area contributed by atoms with Crippen LogP contribution < -0.4 is 14.8 Å². The summed E-state index contributed by atoms with van der Waals surface area (Å²) in [6.07, 6.45) is 3.50. The standard InChI is InChI=1S/C24H24N2O5/c27-22(25-16-9-10-20-21(13-16)31-12-11-30-20)17-6-2-1-5-15(17)14-26-23(28)18-7-3-4-8-19(18)24(26)29/h3-4,7-10,13,15,17H,1-2,5-6,11-12,14H2,(H,25,27). The predicted octanol–water partition coefficient (Wildman–Crippen LogP) is 3.50. The second-order valence-electron chi connectivity index (χ2n) is 8.27. The number of hydrogen-bond acceptors (Lipinski definition) is 5. The molecule has 0 spiro atoms. The summed E-state index contributed by atoms with van der Waals surface area (Å²) in [6.45, 7) is 1.27. The smallest absolute Gasteiger partial charge is 0.261 e. The van der Waals surface area contributed by atoms with Gasteiger partial charge in [-0.15, -0.1) is 0 Å². The fourth-order valence-corrected chi connectivity index (χ4v) is 4.77. The molecule has 3 aliphatic rings. The van der Waals surface area contributed by atoms with Gasteiger partial charge in [-0.2, -0.15) is 0 Å². The second kappa shape index (κ2) is 8.06. The lowest BCUT2D eigenvalue weighted by Gasteiger charge is -2.33. The van der Waals surface area contributed by atoms with Crippen LogP contribution in [0.15, 0.2) is 42.5 Å². The Balaban J connectivity index is 1.30. The molecular weight excluding hydrogens is 396 g/mol. The molecule has 2 aliphatic heterocycles. The number of carbonyl (C=O) groups excluding carboxylic acids is 3. The lowest BCUT2D eigenvalue weighted by molar-refractivity contribution is -0.122. The Hall–Kier alpha value is -3.35. The van der Waals surface area contributed by atoms with Crippen molar-refractivity contribution >= 4 is 23.4 Å². The zero-order chi connectivity index (χ0) is 21.4. The van der Waals surface area contributed by atoms with E-state index in [4.69, 9.17) is 9.47 Å². The summed E-state index contributed by atoms with van der Waals surface area (Å²) in [5.74, 6) is 0.354. The number of nitrogens with zero attached hydrogens (tertiary/aromatic N) is 1. The summed E-state index contributed by atoms with van der Waals surface area (Å²) in [6, 6.07) is 12.3. The molecule has 2 aromatic rings. The molecule has 1 saturated carbocycles. The first-order valence-corrected chi connectivity index (χ1v) is 10.8. The molecule has 1 N–H and O–H groups in total. The van der Waals surface area contributed by atoms with E-state index < -0.39 is 0 Å². The summed E-state index contributed by atoms with van der Waals surface area (Å²) in [7, 11) is 0. The molecule has 7 nitrogen and oxygen atoms in total. The summed E-state index contributed by atoms with van der Waals surface area (Å²) in [4.78, 5) is 40.0. The van der Waals surface area contributed by atoms with Crippen molar-refractivity contribution in [3.63, 3.8) is 0 Å². The zero-order valence-corrected chi connectivity index (χ0v) is 17.1. The predicted molar refractivity (Wildman–Crippen MR) is 113 cm³/mol. The van der Waals surface area contributed by atoms with Gasteiger partial charge in [-0.25, -0.2) is 0 Å². The van der Waals surface area contributed by atoms with E-state index in [-0.39, 0.29) is 36.1 Å². The third kappa shape index (κ3) is 3.65. The molecule has 31 heavy (non-hydrogen) atoms. The van der Waals surface area contributed by atoms with Crippen LogP contribution in [-0.4, -0.2) is 42.4 Å². The van der Waals surface area contributed by atoms with Crippen LogP contribution in [0.5, 0.6) is 11.5 Å². The van der Waals surface area contributed by atoms with E-state index in [2.05, 4.69) is 5.32 Å². The summed E-state index contributed by atoms with van der Waals surface area (Å²) in [5.41, 5.74) is 1.54. The first-order valence-electron chi connectivity index (χ1n) is 10.8. The number of rotatable bonds is 4. The fraction of sp³-hybridized carbons (Fsp3) is 0.375. The Kier molecular flexibility index (Phi) is 5.10. The van der Waals surface area contributed by atoms with Gasteiger partial charge in [0.1, 0.15) is 13.2 Å². The number of nitrogens with one attached hydrogen (secondary N) is 1. The van der Waals surface area contributed by atoms with E-state index in [1.54, 1.807) is 42.5 Å². The van der Waals surface area contributed by atoms with E-state index in [0.29, 0.717) is 41.5 Å². The van der Waals surface area contributed by atoms with E-state index >= 15 is 0 Å². The van der Waals surface area contributed by atoms with Crippen molar-refractivity contribution in [2.75, 3.05) is 25.1 Å². The molecule has 5 rings (SSSR count). The minimum atomic E-state index is -0.267. The molecule has 0 saturated heterocycles. The number of carbonyl (C=O) groups is 3. The number of amides is 3. The Labute approximate surface area is 180 Å². The number of fused-ring (bicyclic) bond motifs is 2. The van der Waals surface area contributed by atoms with Gasteiger partial charge < -0.3 is 14.8 Å². The van der Waals surface area contributed by atoms with Crippen molar-refractivity contribution in [1.29, 1.82) is 0 Å². The SMILES string of the molecule is O=C(Nc1ccc2c(c1)OCCO2)C1CCCCC1CN1C(=O)c2ccccc2C1=O. The normalized spacial score (nSPS) is 22.3. The second-order valence-corrected chi connectivity index (χ2v) is 8.27. The number of benzene rings is 2. The van der Waals surface area contributed by atoms with Gasteiger partial charge >= 0.3 is 0 Å². The molecule has 2 heterocycles. The molecule has 7 heteroatoms. The molecular formula is C24H24N2O5. The Morgan fingerprint density at radius 3 is 2.35 bits per heavy atom. The van der Waals surface area contributed by atoms with Gasteiger partial charge in [-0.1, -0.05) is 25.0 Å². The van der Waals surface area contributed by atoms with Gasteiger partial charge in [0.05, 0.1) is 11.1 Å². The quantitative estimate of drug-likeness (QED) is 0.766. The molecule has 2 atom stereocenters. The van der Waals surface area contributed by atoms with Crippen LogP contribution in [0.1, 0.15) is 46.4 Å². The molecule has 3 amide bonds. The Morgan fingerprint density at radius 2 is 1.61 bits per heavy atom. The molecule has 2 aromatic carbocycles. The minimum Gasteiger partial charge on any atom is -0.486 e. The molecule has 1 fully saturated rings. The Bertz CT molecular complexity index is 1020. The maximum Gasteiger partial charge on any atom is 0.261 e.